The minimum atomic E-state index is -2.68. The molecule has 1 aliphatic heterocycles. The van der Waals surface area contributed by atoms with Crippen molar-refractivity contribution < 1.29 is 28.2 Å². The molecule has 4 atom stereocenters. The molecule has 0 spiro atoms. The van der Waals surface area contributed by atoms with Crippen molar-refractivity contribution in [2.24, 2.45) is 0 Å². The Labute approximate surface area is 177 Å². The topological polar surface area (TPSA) is 61.8 Å². The van der Waals surface area contributed by atoms with Gasteiger partial charge in [-0.1, -0.05) is 58.6 Å². The first-order valence-electron chi connectivity index (χ1n) is 8.87. The lowest BCUT2D eigenvalue weighted by Crippen LogP contribution is -2.42. The highest BCUT2D eigenvalue weighted by molar-refractivity contribution is 6.31. The lowest BCUT2D eigenvalue weighted by atomic mass is 10.1. The van der Waals surface area contributed by atoms with E-state index in [1.54, 1.807) is 48.5 Å². The Hall–Kier alpha value is -2.15. The van der Waals surface area contributed by atoms with Gasteiger partial charge in [-0.25, -0.2) is 14.0 Å². The molecule has 2 aromatic carbocycles. The summed E-state index contributed by atoms with van der Waals surface area (Å²) in [7, 11) is 0. The van der Waals surface area contributed by atoms with Crippen LogP contribution in [0, 0.1) is 13.8 Å². The molecule has 5 nitrogen and oxygen atoms in total. The van der Waals surface area contributed by atoms with Crippen molar-refractivity contribution in [1.29, 1.82) is 0 Å². The molecule has 154 valence electrons. The zero-order valence-corrected chi connectivity index (χ0v) is 17.2. The number of carbonyl (C=O) groups is 2. The van der Waals surface area contributed by atoms with Gasteiger partial charge in [0.1, 0.15) is 12.7 Å². The number of halogens is 3. The highest BCUT2D eigenvalue weighted by atomic mass is 35.5. The number of hydrogen-bond donors (Lipinski definition) is 0. The molecule has 1 aliphatic rings. The minimum absolute atomic E-state index is 0.219. The maximum atomic E-state index is 14.8. The second kappa shape index (κ2) is 8.69. The van der Waals surface area contributed by atoms with Crippen molar-refractivity contribution in [2.45, 2.75) is 36.7 Å². The Bertz CT molecular complexity index is 883. The van der Waals surface area contributed by atoms with Gasteiger partial charge in [0, 0.05) is 0 Å². The van der Waals surface area contributed by atoms with Crippen molar-refractivity contribution >= 4 is 35.1 Å². The Morgan fingerprint density at radius 1 is 1.00 bits per heavy atom. The van der Waals surface area contributed by atoms with E-state index in [-0.39, 0.29) is 12.2 Å². The van der Waals surface area contributed by atoms with Gasteiger partial charge in [0.2, 0.25) is 0 Å². The average molecular weight is 441 g/mol. The van der Waals surface area contributed by atoms with Gasteiger partial charge in [-0.15, -0.1) is 0 Å². The van der Waals surface area contributed by atoms with Crippen molar-refractivity contribution in [1.82, 2.24) is 0 Å². The van der Waals surface area contributed by atoms with E-state index in [9.17, 15) is 14.0 Å². The van der Waals surface area contributed by atoms with Gasteiger partial charge >= 0.3 is 11.9 Å². The third-order valence-corrected chi connectivity index (χ3v) is 5.45. The molecule has 1 unspecified atom stereocenters. The molecule has 0 radical (unpaired) electrons. The third-order valence-electron chi connectivity index (χ3n) is 4.50. The van der Waals surface area contributed by atoms with Gasteiger partial charge in [-0.2, -0.15) is 0 Å². The highest BCUT2D eigenvalue weighted by Gasteiger charge is 2.59. The summed E-state index contributed by atoms with van der Waals surface area (Å²) >= 11 is 11.7. The molecular formula is C21H19Cl2FO5. The van der Waals surface area contributed by atoms with E-state index in [0.29, 0.717) is 5.56 Å². The van der Waals surface area contributed by atoms with Crippen molar-refractivity contribution in [2.75, 3.05) is 6.61 Å². The molecule has 1 heterocycles. The molecule has 0 saturated carbocycles. The number of aryl methyl sites for hydroxylation is 2. The van der Waals surface area contributed by atoms with Crippen molar-refractivity contribution in [3.8, 4) is 0 Å². The smallest absolute Gasteiger partial charge is 0.338 e. The molecule has 2 aromatic rings. The number of alkyl halides is 3. The first-order chi connectivity index (χ1) is 13.7. The standard InChI is InChI=1S/C21H19Cl2FO5/c1-12-3-7-14(8-4-12)18(25)27-11-16-17(21(23,24)20(22)28-16)29-19(26)15-9-5-13(2)6-10-15/h3-10,16-17,20H,11H2,1-2H3/t16-,17+,20?,21+/m0/s1. The van der Waals surface area contributed by atoms with Gasteiger partial charge in [0.05, 0.1) is 11.1 Å². The van der Waals surface area contributed by atoms with Crippen LogP contribution in [0.5, 0.6) is 0 Å². The summed E-state index contributed by atoms with van der Waals surface area (Å²) in [5, 5.41) is -2.68. The van der Waals surface area contributed by atoms with Gasteiger partial charge < -0.3 is 14.2 Å². The van der Waals surface area contributed by atoms with E-state index in [1.165, 1.54) is 0 Å². The summed E-state index contributed by atoms with van der Waals surface area (Å²) in [6.07, 6.45) is -2.73. The quantitative estimate of drug-likeness (QED) is 0.503. The fourth-order valence-electron chi connectivity index (χ4n) is 2.78. The molecular weight excluding hydrogens is 422 g/mol. The second-order valence-electron chi connectivity index (χ2n) is 6.82. The minimum Gasteiger partial charge on any atom is -0.459 e. The van der Waals surface area contributed by atoms with Gasteiger partial charge in [-0.05, 0) is 38.1 Å². The molecule has 0 aromatic heterocycles. The summed E-state index contributed by atoms with van der Waals surface area (Å²) in [6.45, 7) is 3.36. The molecule has 0 N–H and O–H groups in total. The predicted molar refractivity (Wildman–Crippen MR) is 106 cm³/mol. The molecule has 0 bridgehead atoms. The normalized spacial score (nSPS) is 26.2. The van der Waals surface area contributed by atoms with Crippen LogP contribution in [0.4, 0.5) is 4.39 Å². The van der Waals surface area contributed by atoms with Crippen molar-refractivity contribution in [3.63, 3.8) is 0 Å². The van der Waals surface area contributed by atoms with Crippen LogP contribution in [0.1, 0.15) is 31.8 Å². The van der Waals surface area contributed by atoms with Crippen LogP contribution in [-0.2, 0) is 14.2 Å². The van der Waals surface area contributed by atoms with Crippen LogP contribution in [0.2, 0.25) is 0 Å². The molecule has 0 amide bonds. The summed E-state index contributed by atoms with van der Waals surface area (Å²) in [4.78, 5) is 24.6. The third kappa shape index (κ3) is 4.89. The number of esters is 2. The summed E-state index contributed by atoms with van der Waals surface area (Å²) in [5.41, 5.74) is 0.892. The lowest BCUT2D eigenvalue weighted by Gasteiger charge is -2.23. The average Bonchev–Trinajstić information content (AvgIpc) is 2.90. The predicted octanol–water partition coefficient (Wildman–Crippen LogP) is 4.55. The maximum absolute atomic E-state index is 14.8. The number of hydrogen-bond acceptors (Lipinski definition) is 5. The molecule has 8 heteroatoms. The van der Waals surface area contributed by atoms with Crippen molar-refractivity contribution in [3.05, 3.63) is 70.8 Å². The largest absolute Gasteiger partial charge is 0.459 e. The van der Waals surface area contributed by atoms with Crippen LogP contribution < -0.4 is 0 Å². The van der Waals surface area contributed by atoms with Crippen LogP contribution in [0.25, 0.3) is 0 Å². The monoisotopic (exact) mass is 440 g/mol. The Morgan fingerprint density at radius 2 is 1.48 bits per heavy atom. The highest BCUT2D eigenvalue weighted by Crippen LogP contribution is 2.42. The van der Waals surface area contributed by atoms with E-state index in [1.807, 2.05) is 13.8 Å². The first kappa shape index (κ1) is 21.6. The van der Waals surface area contributed by atoms with E-state index < -0.39 is 34.8 Å². The number of ether oxygens (including phenoxy) is 3. The first-order valence-corrected chi connectivity index (χ1v) is 9.68. The van der Waals surface area contributed by atoms with E-state index in [4.69, 9.17) is 37.4 Å². The number of carbonyl (C=O) groups excluding carboxylic acids is 2. The molecule has 1 fully saturated rings. The summed E-state index contributed by atoms with van der Waals surface area (Å²) in [6, 6.07) is 13.3. The van der Waals surface area contributed by atoms with Crippen LogP contribution in [-0.4, -0.2) is 41.4 Å². The molecule has 3 rings (SSSR count). The van der Waals surface area contributed by atoms with Crippen LogP contribution in [0.3, 0.4) is 0 Å². The van der Waals surface area contributed by atoms with Crippen LogP contribution in [0.15, 0.2) is 48.5 Å². The van der Waals surface area contributed by atoms with Gasteiger partial charge in [0.25, 0.3) is 5.13 Å². The summed E-state index contributed by atoms with van der Waals surface area (Å²) in [5.74, 6) is -1.42. The lowest BCUT2D eigenvalue weighted by molar-refractivity contribution is -0.0370. The van der Waals surface area contributed by atoms with Gasteiger partial charge in [0.15, 0.2) is 11.7 Å². The zero-order valence-electron chi connectivity index (χ0n) is 15.7. The Kier molecular flexibility index (Phi) is 6.46. The fraction of sp³-hybridized carbons (Fsp3) is 0.333. The molecule has 0 aliphatic carbocycles. The van der Waals surface area contributed by atoms with Crippen LogP contribution >= 0.6 is 23.2 Å². The van der Waals surface area contributed by atoms with E-state index >= 15 is 0 Å². The zero-order chi connectivity index (χ0) is 21.2. The molecule has 1 saturated heterocycles. The number of benzene rings is 2. The van der Waals surface area contributed by atoms with E-state index in [0.717, 1.165) is 11.1 Å². The maximum Gasteiger partial charge on any atom is 0.338 e. The second-order valence-corrected chi connectivity index (χ2v) is 7.80. The fourth-order valence-corrected chi connectivity index (χ4v) is 3.27. The van der Waals surface area contributed by atoms with Gasteiger partial charge in [-0.3, -0.25) is 0 Å². The Morgan fingerprint density at radius 3 is 2.00 bits per heavy atom. The molecule has 29 heavy (non-hydrogen) atoms. The SMILES string of the molecule is Cc1ccc(C(=O)OC[C@@H]2OC(Cl)[C@@](F)(Cl)[C@@H]2OC(=O)c2ccc(C)cc2)cc1. The Balaban J connectivity index is 1.69. The van der Waals surface area contributed by atoms with E-state index in [2.05, 4.69) is 0 Å². The number of rotatable bonds is 5. The summed E-state index contributed by atoms with van der Waals surface area (Å²) < 4.78 is 30.5.